The van der Waals surface area contributed by atoms with Crippen LogP contribution in [0.1, 0.15) is 112 Å². The van der Waals surface area contributed by atoms with Gasteiger partial charge in [-0.3, -0.25) is 4.79 Å². The number of Topliss-reactive ketones (excluding diaryl/α,β-unsaturated/α-hetero) is 1. The number of rotatable bonds is 2. The van der Waals surface area contributed by atoms with Crippen molar-refractivity contribution in [3.05, 3.63) is 35.4 Å². The van der Waals surface area contributed by atoms with E-state index in [0.29, 0.717) is 46.8 Å². The number of halogens is 3. The van der Waals surface area contributed by atoms with Crippen molar-refractivity contribution >= 4 is 11.9 Å². The molecule has 44 heavy (non-hydrogen) atoms. The van der Waals surface area contributed by atoms with Crippen LogP contribution in [0.3, 0.4) is 0 Å². The molecule has 1 heterocycles. The molecular formula is C38H51F3O3. The van der Waals surface area contributed by atoms with E-state index in [1.54, 1.807) is 18.2 Å². The molecule has 9 atom stereocenters. The smallest absolute Gasteiger partial charge is 0.405 e. The molecule has 6 fully saturated rings. The summed E-state index contributed by atoms with van der Waals surface area (Å²) in [6.45, 7) is 17.6. The summed E-state index contributed by atoms with van der Waals surface area (Å²) in [5, 5.41) is 0. The van der Waals surface area contributed by atoms with Gasteiger partial charge in [-0.05, 0) is 126 Å². The number of benzene rings is 1. The molecular weight excluding hydrogens is 561 g/mol. The molecule has 1 aromatic rings. The molecule has 242 valence electrons. The maximum Gasteiger partial charge on any atom is 0.573 e. The zero-order valence-electron chi connectivity index (χ0n) is 27.7. The summed E-state index contributed by atoms with van der Waals surface area (Å²) < 4.78 is 50.9. The van der Waals surface area contributed by atoms with Gasteiger partial charge in [0.25, 0.3) is 0 Å². The van der Waals surface area contributed by atoms with Crippen molar-refractivity contribution in [2.24, 2.45) is 56.2 Å². The van der Waals surface area contributed by atoms with E-state index in [1.165, 1.54) is 44.2 Å². The normalized spacial score (nSPS) is 46.5. The second-order valence-corrected chi connectivity index (χ2v) is 17.8. The molecule has 7 rings (SSSR count). The molecule has 2 bridgehead atoms. The number of hydrogen-bond donors (Lipinski definition) is 0. The summed E-state index contributed by atoms with van der Waals surface area (Å²) in [6.07, 6.45) is 7.41. The lowest BCUT2D eigenvalue weighted by atomic mass is 9.31. The van der Waals surface area contributed by atoms with Gasteiger partial charge < -0.3 is 9.47 Å². The standard InChI is InChI=1S/C38H51F3O3/c1-32(2)16-18-37-19-17-35(6)25(29(37)31(32)43-22-37)12-13-28-34(5)21-24(20-23-10-8-9-11-26(23)44-38(39,40)41)30(42)33(3,4)27(34)14-15-36(28,35)7/h8-11,20,25,27-29,31H,12-19,21-22H2,1-7H3/b24-20+/t25-,27+,28+,29-,31+,34-,35+,36+,37+/m0/s1. The Hall–Kier alpha value is -1.82. The van der Waals surface area contributed by atoms with Crippen LogP contribution in [0.4, 0.5) is 13.2 Å². The number of para-hydroxylation sites is 1. The quantitative estimate of drug-likeness (QED) is 0.312. The van der Waals surface area contributed by atoms with Gasteiger partial charge in [0.2, 0.25) is 0 Å². The molecule has 0 amide bonds. The fraction of sp³-hybridized carbons (Fsp3) is 0.763. The van der Waals surface area contributed by atoms with Crippen LogP contribution in [0.25, 0.3) is 6.08 Å². The van der Waals surface area contributed by atoms with E-state index in [4.69, 9.17) is 4.74 Å². The Morgan fingerprint density at radius 1 is 0.864 bits per heavy atom. The van der Waals surface area contributed by atoms with Crippen LogP contribution in [0.2, 0.25) is 0 Å². The zero-order chi connectivity index (χ0) is 31.7. The van der Waals surface area contributed by atoms with Gasteiger partial charge in [0.1, 0.15) is 5.75 Å². The van der Waals surface area contributed by atoms with Crippen molar-refractivity contribution in [3.8, 4) is 5.75 Å². The Balaban J connectivity index is 1.27. The lowest BCUT2D eigenvalue weighted by Crippen LogP contribution is -2.67. The Bertz CT molecular complexity index is 1390. The molecule has 0 unspecified atom stereocenters. The van der Waals surface area contributed by atoms with Crippen molar-refractivity contribution in [1.29, 1.82) is 0 Å². The lowest BCUT2D eigenvalue weighted by Gasteiger charge is -2.73. The number of fused-ring (bicyclic) bond motifs is 5. The highest BCUT2D eigenvalue weighted by Crippen LogP contribution is 2.78. The first-order valence-electron chi connectivity index (χ1n) is 17.1. The molecule has 0 aromatic heterocycles. The third-order valence-corrected chi connectivity index (χ3v) is 15.2. The number of carbonyl (C=O) groups excluding carboxylic acids is 1. The highest BCUT2D eigenvalue weighted by molar-refractivity contribution is 6.04. The first-order chi connectivity index (χ1) is 20.4. The fourth-order valence-electron chi connectivity index (χ4n) is 13.0. The van der Waals surface area contributed by atoms with E-state index in [1.807, 2.05) is 0 Å². The van der Waals surface area contributed by atoms with Gasteiger partial charge in [0.15, 0.2) is 5.78 Å². The van der Waals surface area contributed by atoms with Crippen LogP contribution < -0.4 is 4.74 Å². The van der Waals surface area contributed by atoms with Crippen molar-refractivity contribution in [2.75, 3.05) is 6.61 Å². The van der Waals surface area contributed by atoms with Gasteiger partial charge in [-0.15, -0.1) is 13.2 Å². The van der Waals surface area contributed by atoms with Gasteiger partial charge in [-0.25, -0.2) is 0 Å². The largest absolute Gasteiger partial charge is 0.573 e. The van der Waals surface area contributed by atoms with Crippen molar-refractivity contribution in [3.63, 3.8) is 0 Å². The fourth-order valence-corrected chi connectivity index (χ4v) is 13.0. The van der Waals surface area contributed by atoms with E-state index < -0.39 is 11.8 Å². The number of alkyl halides is 3. The van der Waals surface area contributed by atoms with Crippen molar-refractivity contribution in [2.45, 2.75) is 119 Å². The van der Waals surface area contributed by atoms with E-state index in [-0.39, 0.29) is 39.1 Å². The second-order valence-electron chi connectivity index (χ2n) is 17.8. The van der Waals surface area contributed by atoms with Gasteiger partial charge in [-0.1, -0.05) is 66.7 Å². The van der Waals surface area contributed by atoms with E-state index in [0.717, 1.165) is 25.9 Å². The predicted octanol–water partition coefficient (Wildman–Crippen LogP) is 10.0. The van der Waals surface area contributed by atoms with Gasteiger partial charge in [0.05, 0.1) is 12.7 Å². The number of carbonyl (C=O) groups is 1. The van der Waals surface area contributed by atoms with Crippen LogP contribution in [0, 0.1) is 56.2 Å². The van der Waals surface area contributed by atoms with Crippen LogP contribution in [0.5, 0.6) is 5.75 Å². The highest BCUT2D eigenvalue weighted by atomic mass is 19.4. The molecule has 1 aliphatic heterocycles. The Kier molecular flexibility index (Phi) is 6.57. The van der Waals surface area contributed by atoms with Gasteiger partial charge in [-0.2, -0.15) is 0 Å². The Labute approximate surface area is 261 Å². The molecule has 5 saturated carbocycles. The van der Waals surface area contributed by atoms with Crippen LogP contribution in [-0.2, 0) is 9.53 Å². The first kappa shape index (κ1) is 30.8. The molecule has 1 saturated heterocycles. The molecule has 0 N–H and O–H groups in total. The molecule has 1 aromatic carbocycles. The van der Waals surface area contributed by atoms with Crippen molar-refractivity contribution < 1.29 is 27.4 Å². The molecule has 0 spiro atoms. The minimum atomic E-state index is -4.79. The van der Waals surface area contributed by atoms with Gasteiger partial charge >= 0.3 is 6.36 Å². The molecule has 5 aliphatic carbocycles. The minimum Gasteiger partial charge on any atom is -0.405 e. The SMILES string of the molecule is CC1(C)CC[C@]23CC[C@]4(C)[C@@H](CC[C@@H]5[C@@]6(C)C/C(=C\c7ccccc7OC(F)(F)F)C(=O)C(C)(C)[C@H]6CC[C@]54C)[C@H]2[C@H]1OC3. The third kappa shape index (κ3) is 4.06. The average molecular weight is 613 g/mol. The predicted molar refractivity (Wildman–Crippen MR) is 166 cm³/mol. The molecule has 3 nitrogen and oxygen atoms in total. The summed E-state index contributed by atoms with van der Waals surface area (Å²) in [4.78, 5) is 14.1. The Morgan fingerprint density at radius 3 is 2.30 bits per heavy atom. The highest BCUT2D eigenvalue weighted by Gasteiger charge is 2.73. The summed E-state index contributed by atoms with van der Waals surface area (Å²) >= 11 is 0. The monoisotopic (exact) mass is 612 g/mol. The third-order valence-electron chi connectivity index (χ3n) is 15.2. The first-order valence-corrected chi connectivity index (χ1v) is 17.1. The van der Waals surface area contributed by atoms with E-state index in [2.05, 4.69) is 53.2 Å². The second kappa shape index (κ2) is 9.38. The summed E-state index contributed by atoms with van der Waals surface area (Å²) in [6, 6.07) is 6.21. The maximum absolute atomic E-state index is 14.1. The van der Waals surface area contributed by atoms with Crippen molar-refractivity contribution in [1.82, 2.24) is 0 Å². The van der Waals surface area contributed by atoms with Gasteiger partial charge in [0, 0.05) is 11.0 Å². The molecule has 6 heteroatoms. The number of allylic oxidation sites excluding steroid dienone is 1. The van der Waals surface area contributed by atoms with Crippen LogP contribution in [0.15, 0.2) is 29.8 Å². The molecule has 0 radical (unpaired) electrons. The summed E-state index contributed by atoms with van der Waals surface area (Å²) in [5.41, 5.74) is 1.12. The lowest BCUT2D eigenvalue weighted by molar-refractivity contribution is -0.274. The maximum atomic E-state index is 14.1. The Morgan fingerprint density at radius 2 is 1.57 bits per heavy atom. The number of hydrogen-bond acceptors (Lipinski definition) is 3. The van der Waals surface area contributed by atoms with E-state index in [9.17, 15) is 18.0 Å². The number of ether oxygens (including phenoxy) is 2. The summed E-state index contributed by atoms with van der Waals surface area (Å²) in [7, 11) is 0. The topological polar surface area (TPSA) is 35.5 Å². The minimum absolute atomic E-state index is 0.0723. The van der Waals surface area contributed by atoms with Crippen LogP contribution >= 0.6 is 0 Å². The zero-order valence-corrected chi connectivity index (χ0v) is 27.7. The number of ketones is 1. The summed E-state index contributed by atoms with van der Waals surface area (Å²) in [5.74, 6) is 1.76. The van der Waals surface area contributed by atoms with Crippen LogP contribution in [-0.4, -0.2) is 24.9 Å². The average Bonchev–Trinajstić information content (AvgIpc) is 3.26. The molecule has 6 aliphatic rings. The van der Waals surface area contributed by atoms with E-state index >= 15 is 0 Å².